The summed E-state index contributed by atoms with van der Waals surface area (Å²) < 4.78 is 11.1. The van der Waals surface area contributed by atoms with Gasteiger partial charge in [0, 0.05) is 6.61 Å². The van der Waals surface area contributed by atoms with E-state index in [-0.39, 0.29) is 13.0 Å². The Kier molecular flexibility index (Phi) is 7.37. The molecule has 0 spiro atoms. The van der Waals surface area contributed by atoms with Gasteiger partial charge in [-0.3, -0.25) is 0 Å². The van der Waals surface area contributed by atoms with Crippen LogP contribution >= 0.6 is 0 Å². The summed E-state index contributed by atoms with van der Waals surface area (Å²) in [5.74, 6) is 0.420. The van der Waals surface area contributed by atoms with Crippen LogP contribution in [0.1, 0.15) is 18.4 Å². The van der Waals surface area contributed by atoms with Crippen LogP contribution in [-0.4, -0.2) is 68.9 Å². The molecule has 0 unspecified atom stereocenters. The van der Waals surface area contributed by atoms with Crippen molar-refractivity contribution in [1.29, 1.82) is 0 Å². The highest BCUT2D eigenvalue weighted by Crippen LogP contribution is 2.27. The van der Waals surface area contributed by atoms with Crippen molar-refractivity contribution in [2.75, 3.05) is 6.61 Å². The molecule has 1 aliphatic rings. The smallest absolute Gasteiger partial charge is 0.229 e. The zero-order chi connectivity index (χ0) is 18.4. The van der Waals surface area contributed by atoms with Crippen LogP contribution in [0.15, 0.2) is 36.9 Å². The van der Waals surface area contributed by atoms with Crippen molar-refractivity contribution >= 4 is 0 Å². The first kappa shape index (κ1) is 19.8. The maximum absolute atomic E-state index is 10.1. The van der Waals surface area contributed by atoms with Crippen molar-refractivity contribution in [3.63, 3.8) is 0 Å². The first-order valence-electron chi connectivity index (χ1n) is 8.33. The quantitative estimate of drug-likeness (QED) is 0.408. The molecule has 1 aromatic carbocycles. The lowest BCUT2D eigenvalue weighted by molar-refractivity contribution is -0.288. The van der Waals surface area contributed by atoms with Gasteiger partial charge in [0.1, 0.15) is 30.2 Å². The van der Waals surface area contributed by atoms with E-state index in [1.807, 2.05) is 12.1 Å². The third kappa shape index (κ3) is 5.01. The largest absolute Gasteiger partial charge is 0.462 e. The van der Waals surface area contributed by atoms with Crippen LogP contribution in [0, 0.1) is 0 Å². The summed E-state index contributed by atoms with van der Waals surface area (Å²) in [6.45, 7) is 3.56. The Bertz CT molecular complexity index is 533. The summed E-state index contributed by atoms with van der Waals surface area (Å²) in [6.07, 6.45) is -4.92. The van der Waals surface area contributed by atoms with Crippen LogP contribution in [0.5, 0.6) is 5.75 Å². The number of ether oxygens (including phenoxy) is 2. The van der Waals surface area contributed by atoms with Gasteiger partial charge < -0.3 is 35.0 Å². The van der Waals surface area contributed by atoms with E-state index in [2.05, 4.69) is 6.58 Å². The number of hydrogen-bond donors (Lipinski definition) is 5. The van der Waals surface area contributed by atoms with Crippen LogP contribution in [-0.2, 0) is 11.2 Å². The highest BCUT2D eigenvalue weighted by molar-refractivity contribution is 5.28. The Morgan fingerprint density at radius 1 is 1.12 bits per heavy atom. The van der Waals surface area contributed by atoms with Crippen LogP contribution in [0.2, 0.25) is 0 Å². The SMILES string of the molecule is C=CCc1ccc(O[C@@H]2O[C@H]([C@@H](O)CCCO)[C@@H](O)[C@H](O)[C@H]2O)cc1. The summed E-state index contributed by atoms with van der Waals surface area (Å²) in [7, 11) is 0. The average molecular weight is 354 g/mol. The predicted octanol–water partition coefficient (Wildman–Crippen LogP) is -0.265. The number of rotatable bonds is 8. The standard InChI is InChI=1S/C18H26O7/c1-2-4-11-6-8-12(9-7-11)24-18-16(23)14(21)15(22)17(25-18)13(20)5-3-10-19/h2,6-9,13-23H,1,3-5,10H2/t13-,14-,15-,16+,17+,18+/m0/s1. The molecule has 0 radical (unpaired) electrons. The van der Waals surface area contributed by atoms with E-state index in [1.54, 1.807) is 18.2 Å². The first-order valence-corrected chi connectivity index (χ1v) is 8.33. The van der Waals surface area contributed by atoms with Gasteiger partial charge >= 0.3 is 0 Å². The van der Waals surface area contributed by atoms with Gasteiger partial charge in [-0.1, -0.05) is 18.2 Å². The fourth-order valence-electron chi connectivity index (χ4n) is 2.76. The van der Waals surface area contributed by atoms with Crippen LogP contribution in [0.3, 0.4) is 0 Å². The molecular weight excluding hydrogens is 328 g/mol. The number of benzene rings is 1. The van der Waals surface area contributed by atoms with Gasteiger partial charge in [0.05, 0.1) is 6.10 Å². The molecule has 0 saturated carbocycles. The fourth-order valence-corrected chi connectivity index (χ4v) is 2.76. The van der Waals surface area contributed by atoms with Gasteiger partial charge in [-0.15, -0.1) is 6.58 Å². The number of aliphatic hydroxyl groups is 5. The lowest BCUT2D eigenvalue weighted by Gasteiger charge is -2.41. The van der Waals surface area contributed by atoms with Crippen LogP contribution in [0.4, 0.5) is 0 Å². The van der Waals surface area contributed by atoms with E-state index in [0.717, 1.165) is 5.56 Å². The molecule has 5 N–H and O–H groups in total. The van der Waals surface area contributed by atoms with Gasteiger partial charge in [-0.25, -0.2) is 0 Å². The predicted molar refractivity (Wildman–Crippen MR) is 90.0 cm³/mol. The first-order chi connectivity index (χ1) is 12.0. The van der Waals surface area contributed by atoms with E-state index >= 15 is 0 Å². The third-order valence-corrected chi connectivity index (χ3v) is 4.20. The van der Waals surface area contributed by atoms with Gasteiger partial charge in [-0.05, 0) is 37.0 Å². The normalized spacial score (nSPS) is 30.7. The molecule has 1 heterocycles. The van der Waals surface area contributed by atoms with Gasteiger partial charge in [0.2, 0.25) is 6.29 Å². The molecule has 0 amide bonds. The molecule has 1 aliphatic heterocycles. The molecule has 25 heavy (non-hydrogen) atoms. The Labute approximate surface area is 146 Å². The molecule has 140 valence electrons. The highest BCUT2D eigenvalue weighted by atomic mass is 16.7. The zero-order valence-electron chi connectivity index (χ0n) is 13.9. The van der Waals surface area contributed by atoms with E-state index < -0.39 is 36.8 Å². The number of hydrogen-bond acceptors (Lipinski definition) is 7. The van der Waals surface area contributed by atoms with Gasteiger partial charge in [0.15, 0.2) is 0 Å². The Morgan fingerprint density at radius 3 is 2.40 bits per heavy atom. The van der Waals surface area contributed by atoms with Crippen LogP contribution in [0.25, 0.3) is 0 Å². The second kappa shape index (κ2) is 9.28. The zero-order valence-corrected chi connectivity index (χ0v) is 13.9. The molecule has 6 atom stereocenters. The minimum Gasteiger partial charge on any atom is -0.462 e. The maximum atomic E-state index is 10.1. The Morgan fingerprint density at radius 2 is 1.80 bits per heavy atom. The molecule has 2 rings (SSSR count). The molecule has 1 aromatic rings. The van der Waals surface area contributed by atoms with E-state index in [9.17, 15) is 20.4 Å². The van der Waals surface area contributed by atoms with E-state index in [1.165, 1.54) is 0 Å². The molecule has 0 bridgehead atoms. The third-order valence-electron chi connectivity index (χ3n) is 4.20. The van der Waals surface area contributed by atoms with Crippen molar-refractivity contribution < 1.29 is 35.0 Å². The molecule has 0 aromatic heterocycles. The van der Waals surface area contributed by atoms with Crippen LogP contribution < -0.4 is 4.74 Å². The second-order valence-electron chi connectivity index (χ2n) is 6.13. The topological polar surface area (TPSA) is 120 Å². The van der Waals surface area contributed by atoms with E-state index in [4.69, 9.17) is 14.6 Å². The van der Waals surface area contributed by atoms with Gasteiger partial charge in [0.25, 0.3) is 0 Å². The number of allylic oxidation sites excluding steroid dienone is 1. The monoisotopic (exact) mass is 354 g/mol. The summed E-state index contributed by atoms with van der Waals surface area (Å²) in [4.78, 5) is 0. The Hall–Kier alpha value is -1.48. The summed E-state index contributed by atoms with van der Waals surface area (Å²) in [6, 6.07) is 7.07. The van der Waals surface area contributed by atoms with Crippen molar-refractivity contribution in [2.45, 2.75) is 56.1 Å². The fraction of sp³-hybridized carbons (Fsp3) is 0.556. The minimum absolute atomic E-state index is 0.109. The lowest BCUT2D eigenvalue weighted by atomic mass is 9.93. The average Bonchev–Trinajstić information content (AvgIpc) is 2.62. The van der Waals surface area contributed by atoms with Crippen molar-refractivity contribution in [2.24, 2.45) is 0 Å². The van der Waals surface area contributed by atoms with Crippen molar-refractivity contribution in [1.82, 2.24) is 0 Å². The second-order valence-corrected chi connectivity index (χ2v) is 6.13. The van der Waals surface area contributed by atoms with E-state index in [0.29, 0.717) is 18.6 Å². The highest BCUT2D eigenvalue weighted by Gasteiger charge is 2.47. The molecule has 1 fully saturated rings. The number of aliphatic hydroxyl groups excluding tert-OH is 5. The van der Waals surface area contributed by atoms with Crippen molar-refractivity contribution in [3.05, 3.63) is 42.5 Å². The maximum Gasteiger partial charge on any atom is 0.229 e. The summed E-state index contributed by atoms with van der Waals surface area (Å²) >= 11 is 0. The molecule has 0 aliphatic carbocycles. The lowest BCUT2D eigenvalue weighted by Crippen LogP contribution is -2.62. The molecule has 1 saturated heterocycles. The molecule has 7 heteroatoms. The van der Waals surface area contributed by atoms with Gasteiger partial charge in [-0.2, -0.15) is 0 Å². The summed E-state index contributed by atoms with van der Waals surface area (Å²) in [5.41, 5.74) is 1.04. The summed E-state index contributed by atoms with van der Waals surface area (Å²) in [5, 5.41) is 49.1. The molecule has 7 nitrogen and oxygen atoms in total. The Balaban J connectivity index is 2.06. The minimum atomic E-state index is -1.52. The molecular formula is C18H26O7. The van der Waals surface area contributed by atoms with Crippen molar-refractivity contribution in [3.8, 4) is 5.75 Å².